The van der Waals surface area contributed by atoms with Crippen LogP contribution in [0.5, 0.6) is 0 Å². The number of benzene rings is 1. The summed E-state index contributed by atoms with van der Waals surface area (Å²) in [4.78, 5) is 0. The van der Waals surface area contributed by atoms with E-state index in [1.165, 1.54) is 22.1 Å². The van der Waals surface area contributed by atoms with Crippen molar-refractivity contribution < 1.29 is 4.42 Å². The average Bonchev–Trinajstić information content (AvgIpc) is 2.59. The molecule has 2 heteroatoms. The first-order chi connectivity index (χ1) is 7.65. The first-order valence-electron chi connectivity index (χ1n) is 5.84. The molecule has 1 aromatic heterocycles. The van der Waals surface area contributed by atoms with E-state index in [0.717, 1.165) is 24.4 Å². The van der Waals surface area contributed by atoms with E-state index in [4.69, 9.17) is 4.42 Å². The van der Waals surface area contributed by atoms with Crippen molar-refractivity contribution in [3.8, 4) is 0 Å². The number of rotatable bonds is 3. The van der Waals surface area contributed by atoms with Gasteiger partial charge in [0.1, 0.15) is 11.3 Å². The van der Waals surface area contributed by atoms with Crippen molar-refractivity contribution in [1.29, 1.82) is 0 Å². The highest BCUT2D eigenvalue weighted by Gasteiger charge is 2.12. The van der Waals surface area contributed by atoms with Crippen molar-refractivity contribution in [3.05, 3.63) is 34.6 Å². The molecule has 0 unspecified atom stereocenters. The van der Waals surface area contributed by atoms with Crippen LogP contribution < -0.4 is 5.32 Å². The van der Waals surface area contributed by atoms with Crippen LogP contribution in [0.15, 0.2) is 16.5 Å². The van der Waals surface area contributed by atoms with Gasteiger partial charge in [-0.1, -0.05) is 19.1 Å². The Hall–Kier alpha value is -1.28. The second kappa shape index (κ2) is 4.30. The minimum absolute atomic E-state index is 0.815. The number of aryl methyl sites for hydroxylation is 3. The van der Waals surface area contributed by atoms with Crippen molar-refractivity contribution in [2.75, 3.05) is 6.54 Å². The summed E-state index contributed by atoms with van der Waals surface area (Å²) in [6, 6.07) is 4.32. The molecule has 2 aromatic rings. The van der Waals surface area contributed by atoms with Gasteiger partial charge in [0.05, 0.1) is 6.54 Å². The molecule has 1 heterocycles. The Kier molecular flexibility index (Phi) is 3.01. The van der Waals surface area contributed by atoms with Gasteiger partial charge in [-0.15, -0.1) is 0 Å². The quantitative estimate of drug-likeness (QED) is 0.851. The maximum absolute atomic E-state index is 5.95. The van der Waals surface area contributed by atoms with Crippen LogP contribution >= 0.6 is 0 Å². The fourth-order valence-corrected chi connectivity index (χ4v) is 1.97. The van der Waals surface area contributed by atoms with Crippen LogP contribution in [0.2, 0.25) is 0 Å². The summed E-state index contributed by atoms with van der Waals surface area (Å²) in [5.74, 6) is 1.06. The highest BCUT2D eigenvalue weighted by molar-refractivity contribution is 5.85. The first-order valence-corrected chi connectivity index (χ1v) is 5.84. The van der Waals surface area contributed by atoms with Gasteiger partial charge < -0.3 is 9.73 Å². The van der Waals surface area contributed by atoms with Crippen LogP contribution in [-0.4, -0.2) is 6.54 Å². The van der Waals surface area contributed by atoms with Crippen molar-refractivity contribution in [1.82, 2.24) is 5.32 Å². The molecule has 0 bridgehead atoms. The lowest BCUT2D eigenvalue weighted by atomic mass is 10.1. The van der Waals surface area contributed by atoms with Gasteiger partial charge in [0, 0.05) is 5.39 Å². The van der Waals surface area contributed by atoms with E-state index in [1.54, 1.807) is 0 Å². The zero-order valence-corrected chi connectivity index (χ0v) is 10.5. The molecule has 0 radical (unpaired) electrons. The standard InChI is InChI=1S/C14H19NO/c1-5-15-8-13-11(4)12-7-6-9(2)10(3)14(12)16-13/h6-7,15H,5,8H2,1-4H3. The fourth-order valence-electron chi connectivity index (χ4n) is 1.97. The van der Waals surface area contributed by atoms with Crippen LogP contribution in [-0.2, 0) is 6.54 Å². The molecule has 0 atom stereocenters. The molecule has 0 fully saturated rings. The van der Waals surface area contributed by atoms with E-state index >= 15 is 0 Å². The predicted octanol–water partition coefficient (Wildman–Crippen LogP) is 3.47. The van der Waals surface area contributed by atoms with Gasteiger partial charge in [0.2, 0.25) is 0 Å². The summed E-state index contributed by atoms with van der Waals surface area (Å²) in [6.45, 7) is 10.3. The molecule has 0 aliphatic heterocycles. The molecule has 86 valence electrons. The average molecular weight is 217 g/mol. The topological polar surface area (TPSA) is 25.2 Å². The largest absolute Gasteiger partial charge is 0.459 e. The number of furan rings is 1. The molecule has 0 aliphatic rings. The lowest BCUT2D eigenvalue weighted by molar-refractivity contribution is 0.515. The molecule has 2 nitrogen and oxygen atoms in total. The van der Waals surface area contributed by atoms with E-state index < -0.39 is 0 Å². The monoisotopic (exact) mass is 217 g/mol. The second-order valence-corrected chi connectivity index (χ2v) is 4.31. The summed E-state index contributed by atoms with van der Waals surface area (Å²) < 4.78 is 5.95. The minimum Gasteiger partial charge on any atom is -0.459 e. The zero-order chi connectivity index (χ0) is 11.7. The number of fused-ring (bicyclic) bond motifs is 1. The minimum atomic E-state index is 0.815. The van der Waals surface area contributed by atoms with Crippen LogP contribution in [0.3, 0.4) is 0 Å². The Morgan fingerprint density at radius 1 is 1.12 bits per heavy atom. The molecule has 0 spiro atoms. The summed E-state index contributed by atoms with van der Waals surface area (Å²) in [5.41, 5.74) is 4.85. The van der Waals surface area contributed by atoms with Crippen LogP contribution in [0.1, 0.15) is 29.4 Å². The summed E-state index contributed by atoms with van der Waals surface area (Å²) in [5, 5.41) is 4.55. The SMILES string of the molecule is CCNCc1oc2c(C)c(C)ccc2c1C. The Labute approximate surface area is 96.6 Å². The van der Waals surface area contributed by atoms with Crippen molar-refractivity contribution in [2.45, 2.75) is 34.2 Å². The molecule has 1 aromatic carbocycles. The molecule has 0 saturated heterocycles. The van der Waals surface area contributed by atoms with Crippen LogP contribution in [0.25, 0.3) is 11.0 Å². The third-order valence-electron chi connectivity index (χ3n) is 3.26. The molecule has 16 heavy (non-hydrogen) atoms. The maximum Gasteiger partial charge on any atom is 0.137 e. The molecule has 0 aliphatic carbocycles. The van der Waals surface area contributed by atoms with Gasteiger partial charge in [-0.05, 0) is 44.0 Å². The third kappa shape index (κ3) is 1.74. The number of hydrogen-bond acceptors (Lipinski definition) is 2. The fraction of sp³-hybridized carbons (Fsp3) is 0.429. The maximum atomic E-state index is 5.95. The van der Waals surface area contributed by atoms with Gasteiger partial charge >= 0.3 is 0 Å². The van der Waals surface area contributed by atoms with E-state index in [1.807, 2.05) is 0 Å². The van der Waals surface area contributed by atoms with Crippen LogP contribution in [0.4, 0.5) is 0 Å². The lowest BCUT2D eigenvalue weighted by Gasteiger charge is -1.99. The highest BCUT2D eigenvalue weighted by Crippen LogP contribution is 2.29. The van der Waals surface area contributed by atoms with E-state index in [-0.39, 0.29) is 0 Å². The Morgan fingerprint density at radius 3 is 2.56 bits per heavy atom. The summed E-state index contributed by atoms with van der Waals surface area (Å²) >= 11 is 0. The molecule has 0 saturated carbocycles. The van der Waals surface area contributed by atoms with Crippen molar-refractivity contribution in [3.63, 3.8) is 0 Å². The Morgan fingerprint density at radius 2 is 1.88 bits per heavy atom. The normalized spacial score (nSPS) is 11.2. The van der Waals surface area contributed by atoms with Gasteiger partial charge in [-0.25, -0.2) is 0 Å². The molecular formula is C14H19NO. The first kappa shape index (κ1) is 11.2. The smallest absolute Gasteiger partial charge is 0.137 e. The van der Waals surface area contributed by atoms with Crippen molar-refractivity contribution in [2.24, 2.45) is 0 Å². The predicted molar refractivity (Wildman–Crippen MR) is 67.8 cm³/mol. The Balaban J connectivity index is 2.54. The highest BCUT2D eigenvalue weighted by atomic mass is 16.3. The Bertz CT molecular complexity index is 511. The van der Waals surface area contributed by atoms with Gasteiger partial charge in [0.25, 0.3) is 0 Å². The number of nitrogens with one attached hydrogen (secondary N) is 1. The van der Waals surface area contributed by atoms with Gasteiger partial charge in [-0.2, -0.15) is 0 Å². The van der Waals surface area contributed by atoms with E-state index in [2.05, 4.69) is 45.1 Å². The van der Waals surface area contributed by atoms with Gasteiger partial charge in [0.15, 0.2) is 0 Å². The van der Waals surface area contributed by atoms with Gasteiger partial charge in [-0.3, -0.25) is 0 Å². The number of hydrogen-bond donors (Lipinski definition) is 1. The van der Waals surface area contributed by atoms with Crippen molar-refractivity contribution >= 4 is 11.0 Å². The molecular weight excluding hydrogens is 198 g/mol. The van der Waals surface area contributed by atoms with E-state index in [9.17, 15) is 0 Å². The second-order valence-electron chi connectivity index (χ2n) is 4.31. The molecule has 1 N–H and O–H groups in total. The molecule has 0 amide bonds. The summed E-state index contributed by atoms with van der Waals surface area (Å²) in [6.07, 6.45) is 0. The van der Waals surface area contributed by atoms with Crippen LogP contribution in [0, 0.1) is 20.8 Å². The van der Waals surface area contributed by atoms with E-state index in [0.29, 0.717) is 0 Å². The lowest BCUT2D eigenvalue weighted by Crippen LogP contribution is -2.11. The summed E-state index contributed by atoms with van der Waals surface area (Å²) in [7, 11) is 0. The third-order valence-corrected chi connectivity index (χ3v) is 3.26. The molecule has 2 rings (SSSR count). The zero-order valence-electron chi connectivity index (χ0n) is 10.5.